The molecule has 0 saturated carbocycles. The average molecular weight is 390 g/mol. The Balaban J connectivity index is 2.01. The van der Waals surface area contributed by atoms with Crippen LogP contribution in [0.25, 0.3) is 0 Å². The lowest BCUT2D eigenvalue weighted by Gasteiger charge is -2.19. The maximum atomic E-state index is 12.4. The Morgan fingerprint density at radius 3 is 2.26 bits per heavy atom. The lowest BCUT2D eigenvalue weighted by molar-refractivity contribution is 0.236. The summed E-state index contributed by atoms with van der Waals surface area (Å²) in [6.45, 7) is 2.34. The summed E-state index contributed by atoms with van der Waals surface area (Å²) in [4.78, 5) is 12.4. The van der Waals surface area contributed by atoms with Crippen molar-refractivity contribution in [1.29, 1.82) is 0 Å². The van der Waals surface area contributed by atoms with Crippen molar-refractivity contribution < 1.29 is 13.2 Å². The maximum absolute atomic E-state index is 12.4. The van der Waals surface area contributed by atoms with Crippen LogP contribution in [-0.2, 0) is 22.3 Å². The number of nitrogens with one attached hydrogen (secondary N) is 3. The lowest BCUT2D eigenvalue weighted by Crippen LogP contribution is -2.37. The molecule has 7 heteroatoms. The van der Waals surface area contributed by atoms with Crippen LogP contribution >= 0.6 is 0 Å². The Morgan fingerprint density at radius 1 is 1.00 bits per heavy atom. The van der Waals surface area contributed by atoms with Crippen LogP contribution in [0.2, 0.25) is 0 Å². The van der Waals surface area contributed by atoms with Gasteiger partial charge in [-0.1, -0.05) is 67.9 Å². The van der Waals surface area contributed by atoms with Gasteiger partial charge in [-0.05, 0) is 30.2 Å². The monoisotopic (exact) mass is 389 g/mol. The third kappa shape index (κ3) is 6.69. The van der Waals surface area contributed by atoms with Gasteiger partial charge in [0.2, 0.25) is 10.0 Å². The molecule has 0 aliphatic heterocycles. The van der Waals surface area contributed by atoms with E-state index >= 15 is 0 Å². The van der Waals surface area contributed by atoms with Crippen molar-refractivity contribution in [1.82, 2.24) is 15.4 Å². The van der Waals surface area contributed by atoms with Crippen molar-refractivity contribution in [2.75, 3.05) is 7.05 Å². The van der Waals surface area contributed by atoms with Crippen LogP contribution in [0.1, 0.15) is 42.5 Å². The Bertz CT molecular complexity index is 839. The molecule has 0 aliphatic carbocycles. The average Bonchev–Trinajstić information content (AvgIpc) is 2.67. The molecule has 6 nitrogen and oxygen atoms in total. The first kappa shape index (κ1) is 20.9. The molecule has 2 aromatic carbocycles. The molecule has 27 heavy (non-hydrogen) atoms. The number of carbonyl (C=O) groups is 1. The molecule has 0 spiro atoms. The minimum Gasteiger partial charge on any atom is -0.334 e. The van der Waals surface area contributed by atoms with E-state index in [1.54, 1.807) is 12.1 Å². The van der Waals surface area contributed by atoms with Gasteiger partial charge in [0.15, 0.2) is 0 Å². The molecule has 0 fully saturated rings. The summed E-state index contributed by atoms with van der Waals surface area (Å²) in [6.07, 6.45) is 1.79. The van der Waals surface area contributed by atoms with Crippen LogP contribution in [0.4, 0.5) is 4.79 Å². The zero-order valence-corrected chi connectivity index (χ0v) is 16.6. The molecule has 0 saturated heterocycles. The predicted molar refractivity (Wildman–Crippen MR) is 108 cm³/mol. The highest BCUT2D eigenvalue weighted by atomic mass is 32.2. The quantitative estimate of drug-likeness (QED) is 0.616. The lowest BCUT2D eigenvalue weighted by atomic mass is 10.0. The minimum atomic E-state index is -3.37. The fourth-order valence-electron chi connectivity index (χ4n) is 2.83. The van der Waals surface area contributed by atoms with Gasteiger partial charge in [-0.2, -0.15) is 0 Å². The summed E-state index contributed by atoms with van der Waals surface area (Å²) in [5.74, 6) is -0.120. The molecule has 146 valence electrons. The van der Waals surface area contributed by atoms with E-state index in [2.05, 4.69) is 22.3 Å². The van der Waals surface area contributed by atoms with Crippen molar-refractivity contribution in [3.05, 3.63) is 71.3 Å². The largest absolute Gasteiger partial charge is 0.334 e. The fraction of sp³-hybridized carbons (Fsp3) is 0.350. The Labute approximate surface area is 161 Å². The van der Waals surface area contributed by atoms with Crippen molar-refractivity contribution in [2.24, 2.45) is 0 Å². The summed E-state index contributed by atoms with van der Waals surface area (Å²) in [7, 11) is -1.98. The van der Waals surface area contributed by atoms with Gasteiger partial charge >= 0.3 is 6.03 Å². The number of sulfonamides is 1. The van der Waals surface area contributed by atoms with E-state index in [-0.39, 0.29) is 24.4 Å². The van der Waals surface area contributed by atoms with Crippen LogP contribution in [0.15, 0.2) is 54.6 Å². The molecule has 3 N–H and O–H groups in total. The summed E-state index contributed by atoms with van der Waals surface area (Å²) in [6, 6.07) is 16.7. The predicted octanol–water partition coefficient (Wildman–Crippen LogP) is 3.08. The topological polar surface area (TPSA) is 87.3 Å². The highest BCUT2D eigenvalue weighted by molar-refractivity contribution is 7.88. The number of hydrogen-bond donors (Lipinski definition) is 3. The van der Waals surface area contributed by atoms with Gasteiger partial charge in [0.05, 0.1) is 11.8 Å². The first-order valence-corrected chi connectivity index (χ1v) is 10.7. The third-order valence-corrected chi connectivity index (χ3v) is 5.61. The van der Waals surface area contributed by atoms with Crippen LogP contribution in [-0.4, -0.2) is 21.5 Å². The number of hydrogen-bond acceptors (Lipinski definition) is 3. The fourth-order valence-corrected chi connectivity index (χ4v) is 3.66. The third-order valence-electron chi connectivity index (χ3n) is 4.30. The molecule has 0 unspecified atom stereocenters. The van der Waals surface area contributed by atoms with E-state index in [4.69, 9.17) is 0 Å². The first-order chi connectivity index (χ1) is 12.9. The van der Waals surface area contributed by atoms with E-state index < -0.39 is 10.0 Å². The SMILES string of the molecule is CCC[C@H](NC(=O)NCc1ccccc1CS(=O)(=O)NC)c1ccccc1. The number of urea groups is 1. The molecule has 0 aliphatic rings. The van der Waals surface area contributed by atoms with Crippen molar-refractivity contribution in [2.45, 2.75) is 38.1 Å². The second-order valence-corrected chi connectivity index (χ2v) is 8.24. The van der Waals surface area contributed by atoms with E-state index in [1.807, 2.05) is 42.5 Å². The highest BCUT2D eigenvalue weighted by Gasteiger charge is 2.15. The molecule has 2 rings (SSSR count). The van der Waals surface area contributed by atoms with Gasteiger partial charge in [-0.25, -0.2) is 17.9 Å². The van der Waals surface area contributed by atoms with E-state index in [0.717, 1.165) is 24.0 Å². The number of rotatable bonds is 9. The van der Waals surface area contributed by atoms with Gasteiger partial charge < -0.3 is 10.6 Å². The molecular weight excluding hydrogens is 362 g/mol. The number of amides is 2. The van der Waals surface area contributed by atoms with Crippen LogP contribution in [0.3, 0.4) is 0 Å². The Hall–Kier alpha value is -2.38. The van der Waals surface area contributed by atoms with Crippen LogP contribution in [0, 0.1) is 0 Å². The minimum absolute atomic E-state index is 0.0592. The summed E-state index contributed by atoms with van der Waals surface area (Å²) in [5, 5.41) is 5.84. The summed E-state index contributed by atoms with van der Waals surface area (Å²) in [5.41, 5.74) is 2.51. The van der Waals surface area contributed by atoms with Crippen molar-refractivity contribution >= 4 is 16.1 Å². The molecular formula is C20H27N3O3S. The molecule has 1 atom stereocenters. The Kier molecular flexibility index (Phi) is 7.82. The second-order valence-electron chi connectivity index (χ2n) is 6.31. The molecule has 0 radical (unpaired) electrons. The standard InChI is InChI=1S/C20H27N3O3S/c1-3-9-19(16-10-5-4-6-11-16)23-20(24)22-14-17-12-7-8-13-18(17)15-27(25,26)21-2/h4-8,10-13,19,21H,3,9,14-15H2,1-2H3,(H2,22,23,24)/t19-/m0/s1. The van der Waals surface area contributed by atoms with Crippen LogP contribution < -0.4 is 15.4 Å². The number of benzene rings is 2. The smallest absolute Gasteiger partial charge is 0.315 e. The second kappa shape index (κ2) is 10.1. The molecule has 2 aromatic rings. The highest BCUT2D eigenvalue weighted by Crippen LogP contribution is 2.18. The number of carbonyl (C=O) groups excluding carboxylic acids is 1. The Morgan fingerprint density at radius 2 is 1.63 bits per heavy atom. The molecule has 2 amide bonds. The first-order valence-electron chi connectivity index (χ1n) is 9.02. The van der Waals surface area contributed by atoms with Gasteiger partial charge in [-0.3, -0.25) is 0 Å². The zero-order chi connectivity index (χ0) is 19.7. The van der Waals surface area contributed by atoms with Crippen LogP contribution in [0.5, 0.6) is 0 Å². The summed E-state index contributed by atoms with van der Waals surface area (Å²) < 4.78 is 26.0. The van der Waals surface area contributed by atoms with E-state index in [0.29, 0.717) is 5.56 Å². The van der Waals surface area contributed by atoms with Crippen molar-refractivity contribution in [3.8, 4) is 0 Å². The van der Waals surface area contributed by atoms with Gasteiger partial charge in [0.1, 0.15) is 0 Å². The zero-order valence-electron chi connectivity index (χ0n) is 15.7. The molecule has 0 aromatic heterocycles. The normalized spacial score (nSPS) is 12.4. The van der Waals surface area contributed by atoms with Crippen molar-refractivity contribution in [3.63, 3.8) is 0 Å². The molecule has 0 bridgehead atoms. The molecule has 0 heterocycles. The maximum Gasteiger partial charge on any atom is 0.315 e. The summed E-state index contributed by atoms with van der Waals surface area (Å²) >= 11 is 0. The van der Waals surface area contributed by atoms with E-state index in [9.17, 15) is 13.2 Å². The van der Waals surface area contributed by atoms with Gasteiger partial charge in [0, 0.05) is 6.54 Å². The van der Waals surface area contributed by atoms with Gasteiger partial charge in [0.25, 0.3) is 0 Å². The van der Waals surface area contributed by atoms with Gasteiger partial charge in [-0.15, -0.1) is 0 Å². The van der Waals surface area contributed by atoms with E-state index in [1.165, 1.54) is 7.05 Å².